The maximum atomic E-state index is 12.0. The van der Waals surface area contributed by atoms with Crippen LogP contribution >= 0.6 is 15.9 Å². The molecule has 20 heavy (non-hydrogen) atoms. The standard InChI is InChI=1S/C13H17BrF3NO2/c1-19-11-6-9(10(14)7-12(11)20-2)8-18-5-3-4-13(15,16)17/h6-7,18H,3-5,8H2,1-2H3. The molecule has 0 aliphatic rings. The summed E-state index contributed by atoms with van der Waals surface area (Å²) in [5, 5.41) is 2.98. The van der Waals surface area contributed by atoms with Crippen LogP contribution in [0, 0.1) is 0 Å². The quantitative estimate of drug-likeness (QED) is 0.752. The van der Waals surface area contributed by atoms with Crippen LogP contribution in [0.4, 0.5) is 13.2 Å². The van der Waals surface area contributed by atoms with E-state index in [1.54, 1.807) is 19.2 Å². The predicted octanol–water partition coefficient (Wildman–Crippen LogP) is 3.90. The molecule has 0 saturated carbocycles. The fraction of sp³-hybridized carbons (Fsp3) is 0.538. The number of hydrogen-bond acceptors (Lipinski definition) is 3. The maximum Gasteiger partial charge on any atom is 0.389 e. The van der Waals surface area contributed by atoms with Crippen LogP contribution in [0.5, 0.6) is 11.5 Å². The Morgan fingerprint density at radius 2 is 1.75 bits per heavy atom. The van der Waals surface area contributed by atoms with E-state index in [1.165, 1.54) is 7.11 Å². The van der Waals surface area contributed by atoms with E-state index in [-0.39, 0.29) is 6.42 Å². The van der Waals surface area contributed by atoms with Gasteiger partial charge < -0.3 is 14.8 Å². The Morgan fingerprint density at radius 3 is 2.30 bits per heavy atom. The lowest BCUT2D eigenvalue weighted by molar-refractivity contribution is -0.135. The van der Waals surface area contributed by atoms with Gasteiger partial charge in [0, 0.05) is 17.4 Å². The molecule has 0 unspecified atom stereocenters. The first kappa shape index (κ1) is 17.1. The van der Waals surface area contributed by atoms with Crippen LogP contribution in [0.2, 0.25) is 0 Å². The lowest BCUT2D eigenvalue weighted by atomic mass is 10.2. The number of nitrogens with one attached hydrogen (secondary N) is 1. The van der Waals surface area contributed by atoms with Crippen molar-refractivity contribution >= 4 is 15.9 Å². The van der Waals surface area contributed by atoms with E-state index < -0.39 is 12.6 Å². The van der Waals surface area contributed by atoms with E-state index >= 15 is 0 Å². The molecule has 0 aromatic heterocycles. The maximum absolute atomic E-state index is 12.0. The van der Waals surface area contributed by atoms with Crippen LogP contribution in [0.1, 0.15) is 18.4 Å². The zero-order valence-corrected chi connectivity index (χ0v) is 12.9. The van der Waals surface area contributed by atoms with Crippen molar-refractivity contribution in [2.45, 2.75) is 25.6 Å². The SMILES string of the molecule is COc1cc(Br)c(CNCCCC(F)(F)F)cc1OC. The van der Waals surface area contributed by atoms with Crippen molar-refractivity contribution in [1.29, 1.82) is 0 Å². The van der Waals surface area contributed by atoms with Crippen LogP contribution < -0.4 is 14.8 Å². The molecular formula is C13H17BrF3NO2. The monoisotopic (exact) mass is 355 g/mol. The van der Waals surface area contributed by atoms with Gasteiger partial charge in [0.1, 0.15) is 0 Å². The first-order valence-electron chi connectivity index (χ1n) is 6.05. The number of hydrogen-bond donors (Lipinski definition) is 1. The van der Waals surface area contributed by atoms with Gasteiger partial charge in [-0.2, -0.15) is 13.2 Å². The molecule has 0 spiro atoms. The van der Waals surface area contributed by atoms with Crippen molar-refractivity contribution in [3.05, 3.63) is 22.2 Å². The highest BCUT2D eigenvalue weighted by molar-refractivity contribution is 9.10. The Kier molecular flexibility index (Phi) is 6.61. The van der Waals surface area contributed by atoms with Crippen LogP contribution in [0.25, 0.3) is 0 Å². The summed E-state index contributed by atoms with van der Waals surface area (Å²) in [6.07, 6.45) is -4.80. The fourth-order valence-electron chi connectivity index (χ4n) is 1.67. The molecule has 7 heteroatoms. The molecule has 0 amide bonds. The first-order valence-corrected chi connectivity index (χ1v) is 6.84. The van der Waals surface area contributed by atoms with Gasteiger partial charge in [0.05, 0.1) is 14.2 Å². The summed E-state index contributed by atoms with van der Waals surface area (Å²) in [7, 11) is 3.08. The van der Waals surface area contributed by atoms with Crippen molar-refractivity contribution in [2.24, 2.45) is 0 Å². The minimum Gasteiger partial charge on any atom is -0.493 e. The molecule has 1 N–H and O–H groups in total. The lowest BCUT2D eigenvalue weighted by Crippen LogP contribution is -2.18. The van der Waals surface area contributed by atoms with Gasteiger partial charge in [-0.25, -0.2) is 0 Å². The van der Waals surface area contributed by atoms with Crippen molar-refractivity contribution < 1.29 is 22.6 Å². The highest BCUT2D eigenvalue weighted by Gasteiger charge is 2.25. The molecule has 0 aliphatic carbocycles. The van der Waals surface area contributed by atoms with Crippen LogP contribution in [-0.4, -0.2) is 26.9 Å². The van der Waals surface area contributed by atoms with E-state index in [0.29, 0.717) is 24.6 Å². The summed E-state index contributed by atoms with van der Waals surface area (Å²) in [4.78, 5) is 0. The van der Waals surface area contributed by atoms with Crippen molar-refractivity contribution in [3.63, 3.8) is 0 Å². The molecule has 0 saturated heterocycles. The van der Waals surface area contributed by atoms with E-state index in [9.17, 15) is 13.2 Å². The Balaban J connectivity index is 2.52. The molecule has 0 fully saturated rings. The van der Waals surface area contributed by atoms with Crippen molar-refractivity contribution in [3.8, 4) is 11.5 Å². The molecular weight excluding hydrogens is 339 g/mol. The molecule has 1 rings (SSSR count). The topological polar surface area (TPSA) is 30.5 Å². The summed E-state index contributed by atoms with van der Waals surface area (Å²) < 4.78 is 47.1. The summed E-state index contributed by atoms with van der Waals surface area (Å²) in [6.45, 7) is 0.763. The summed E-state index contributed by atoms with van der Waals surface area (Å²) in [6, 6.07) is 3.56. The summed E-state index contributed by atoms with van der Waals surface area (Å²) in [5.41, 5.74) is 0.898. The highest BCUT2D eigenvalue weighted by Crippen LogP contribution is 2.33. The normalized spacial score (nSPS) is 11.5. The third-order valence-electron chi connectivity index (χ3n) is 2.68. The zero-order chi connectivity index (χ0) is 15.2. The average molecular weight is 356 g/mol. The largest absolute Gasteiger partial charge is 0.493 e. The van der Waals surface area contributed by atoms with Gasteiger partial charge in [-0.15, -0.1) is 0 Å². The molecule has 1 aromatic rings. The van der Waals surface area contributed by atoms with Crippen LogP contribution in [0.15, 0.2) is 16.6 Å². The minimum absolute atomic E-state index is 0.0639. The number of halogens is 4. The summed E-state index contributed by atoms with van der Waals surface area (Å²) in [5.74, 6) is 1.18. The Morgan fingerprint density at radius 1 is 1.15 bits per heavy atom. The second-order valence-electron chi connectivity index (χ2n) is 4.19. The van der Waals surface area contributed by atoms with Crippen molar-refractivity contribution in [1.82, 2.24) is 5.32 Å². The molecule has 0 aliphatic heterocycles. The van der Waals surface area contributed by atoms with Gasteiger partial charge in [0.2, 0.25) is 0 Å². The van der Waals surface area contributed by atoms with Gasteiger partial charge in [-0.05, 0) is 30.7 Å². The number of rotatable bonds is 7. The average Bonchev–Trinajstić information content (AvgIpc) is 2.38. The molecule has 0 heterocycles. The van der Waals surface area contributed by atoms with Gasteiger partial charge in [-0.1, -0.05) is 15.9 Å². The first-order chi connectivity index (χ1) is 9.37. The molecule has 0 bridgehead atoms. The summed E-state index contributed by atoms with van der Waals surface area (Å²) >= 11 is 3.40. The molecule has 0 atom stereocenters. The zero-order valence-electron chi connectivity index (χ0n) is 11.3. The van der Waals surface area contributed by atoms with Gasteiger partial charge in [-0.3, -0.25) is 0 Å². The van der Waals surface area contributed by atoms with E-state index in [4.69, 9.17) is 9.47 Å². The number of methoxy groups -OCH3 is 2. The minimum atomic E-state index is -4.09. The molecule has 0 radical (unpaired) electrons. The van der Waals surface area contributed by atoms with E-state index in [2.05, 4.69) is 21.2 Å². The second-order valence-corrected chi connectivity index (χ2v) is 5.05. The third kappa shape index (κ3) is 5.58. The van der Waals surface area contributed by atoms with Crippen LogP contribution in [0.3, 0.4) is 0 Å². The van der Waals surface area contributed by atoms with E-state index in [0.717, 1.165) is 10.0 Å². The van der Waals surface area contributed by atoms with E-state index in [1.807, 2.05) is 0 Å². The smallest absolute Gasteiger partial charge is 0.389 e. The molecule has 3 nitrogen and oxygen atoms in total. The van der Waals surface area contributed by atoms with Gasteiger partial charge >= 0.3 is 6.18 Å². The number of ether oxygens (including phenoxy) is 2. The third-order valence-corrected chi connectivity index (χ3v) is 3.42. The second kappa shape index (κ2) is 7.73. The predicted molar refractivity (Wildman–Crippen MR) is 74.2 cm³/mol. The van der Waals surface area contributed by atoms with Gasteiger partial charge in [0.25, 0.3) is 0 Å². The highest BCUT2D eigenvalue weighted by atomic mass is 79.9. The Hall–Kier alpha value is -0.950. The fourth-order valence-corrected chi connectivity index (χ4v) is 2.13. The van der Waals surface area contributed by atoms with Crippen LogP contribution in [-0.2, 0) is 6.54 Å². The number of alkyl halides is 3. The lowest BCUT2D eigenvalue weighted by Gasteiger charge is -2.13. The van der Waals surface area contributed by atoms with Crippen molar-refractivity contribution in [2.75, 3.05) is 20.8 Å². The Labute approximate surface area is 124 Å². The molecule has 114 valence electrons. The molecule has 1 aromatic carbocycles. The Bertz CT molecular complexity index is 438. The number of benzene rings is 1. The van der Waals surface area contributed by atoms with Gasteiger partial charge in [0.15, 0.2) is 11.5 Å².